The Hall–Kier alpha value is -2.22. The zero-order chi connectivity index (χ0) is 19.4. The molecule has 2 amide bonds. The van der Waals surface area contributed by atoms with Crippen LogP contribution < -0.4 is 15.5 Å². The molecule has 2 aromatic rings. The lowest BCUT2D eigenvalue weighted by atomic mass is 10.1. The minimum absolute atomic E-state index is 0.0893. The first-order valence-electron chi connectivity index (χ1n) is 9.53. The molecule has 3 rings (SSSR count). The summed E-state index contributed by atoms with van der Waals surface area (Å²) in [7, 11) is 0. The molecule has 8 heteroatoms. The van der Waals surface area contributed by atoms with Crippen LogP contribution in [0.2, 0.25) is 0 Å². The number of hydrogen-bond donors (Lipinski definition) is 2. The van der Waals surface area contributed by atoms with Gasteiger partial charge in [0, 0.05) is 36.3 Å². The highest BCUT2D eigenvalue weighted by Gasteiger charge is 2.23. The van der Waals surface area contributed by atoms with E-state index < -0.39 is 0 Å². The molecular formula is C19H28N6OS. The van der Waals surface area contributed by atoms with E-state index in [9.17, 15) is 4.79 Å². The van der Waals surface area contributed by atoms with Crippen molar-refractivity contribution in [1.82, 2.24) is 25.6 Å². The van der Waals surface area contributed by atoms with Gasteiger partial charge in [0.2, 0.25) is 0 Å². The molecule has 1 aliphatic heterocycles. The standard InChI is InChI=1S/C19H28N6OS/c1-5-18-24-16(11-27-18)13(3)21-19(26)23-15-6-8-25(9-7-15)17-10-12(2)20-14(4)22-17/h10-11,13,15H,5-9H2,1-4H3,(H2,21,23,26)/t13-/m0/s1. The summed E-state index contributed by atoms with van der Waals surface area (Å²) in [6.07, 6.45) is 2.73. The van der Waals surface area contributed by atoms with Crippen molar-refractivity contribution in [2.24, 2.45) is 0 Å². The van der Waals surface area contributed by atoms with Crippen LogP contribution in [0.5, 0.6) is 0 Å². The SMILES string of the molecule is CCc1nc([C@H](C)NC(=O)NC2CCN(c3cc(C)nc(C)n3)CC2)cs1. The molecule has 0 radical (unpaired) electrons. The number of nitrogens with zero attached hydrogens (tertiary/aromatic N) is 4. The Morgan fingerprint density at radius 2 is 2.04 bits per heavy atom. The molecule has 0 saturated carbocycles. The summed E-state index contributed by atoms with van der Waals surface area (Å²) in [6, 6.07) is 1.99. The van der Waals surface area contributed by atoms with Crippen LogP contribution in [0.25, 0.3) is 0 Å². The second-order valence-electron chi connectivity index (χ2n) is 7.04. The maximum Gasteiger partial charge on any atom is 0.315 e. The van der Waals surface area contributed by atoms with Crippen molar-refractivity contribution in [2.45, 2.75) is 59.0 Å². The maximum atomic E-state index is 12.3. The number of rotatable bonds is 5. The van der Waals surface area contributed by atoms with Crippen molar-refractivity contribution in [3.05, 3.63) is 33.7 Å². The first-order chi connectivity index (χ1) is 12.9. The van der Waals surface area contributed by atoms with Crippen LogP contribution in [0, 0.1) is 13.8 Å². The number of amides is 2. The monoisotopic (exact) mass is 388 g/mol. The van der Waals surface area contributed by atoms with E-state index in [-0.39, 0.29) is 18.1 Å². The molecule has 1 aliphatic rings. The molecular weight excluding hydrogens is 360 g/mol. The Morgan fingerprint density at radius 1 is 1.30 bits per heavy atom. The fourth-order valence-corrected chi connectivity index (χ4v) is 4.13. The topological polar surface area (TPSA) is 83.0 Å². The minimum Gasteiger partial charge on any atom is -0.356 e. The van der Waals surface area contributed by atoms with Crippen molar-refractivity contribution < 1.29 is 4.79 Å². The number of urea groups is 1. The number of aromatic nitrogens is 3. The summed E-state index contributed by atoms with van der Waals surface area (Å²) in [6.45, 7) is 9.72. The molecule has 0 spiro atoms. The van der Waals surface area contributed by atoms with Crippen LogP contribution in [-0.2, 0) is 6.42 Å². The van der Waals surface area contributed by atoms with Gasteiger partial charge in [-0.25, -0.2) is 19.7 Å². The Balaban J connectivity index is 1.47. The highest BCUT2D eigenvalue weighted by atomic mass is 32.1. The van der Waals surface area contributed by atoms with E-state index in [0.717, 1.165) is 60.4 Å². The largest absolute Gasteiger partial charge is 0.356 e. The highest BCUT2D eigenvalue weighted by molar-refractivity contribution is 7.09. The summed E-state index contributed by atoms with van der Waals surface area (Å²) in [4.78, 5) is 28.0. The van der Waals surface area contributed by atoms with E-state index >= 15 is 0 Å². The molecule has 1 fully saturated rings. The van der Waals surface area contributed by atoms with Crippen LogP contribution in [0.1, 0.15) is 55.0 Å². The van der Waals surface area contributed by atoms with Gasteiger partial charge in [-0.05, 0) is 40.0 Å². The lowest BCUT2D eigenvalue weighted by molar-refractivity contribution is 0.231. The number of nitrogens with one attached hydrogen (secondary N) is 2. The normalized spacial score (nSPS) is 16.2. The fraction of sp³-hybridized carbons (Fsp3) is 0.579. The summed E-state index contributed by atoms with van der Waals surface area (Å²) < 4.78 is 0. The number of anilines is 1. The van der Waals surface area contributed by atoms with E-state index in [0.29, 0.717) is 0 Å². The zero-order valence-corrected chi connectivity index (χ0v) is 17.3. The molecule has 146 valence electrons. The summed E-state index contributed by atoms with van der Waals surface area (Å²) >= 11 is 1.64. The fourth-order valence-electron chi connectivity index (χ4n) is 3.30. The maximum absolute atomic E-state index is 12.3. The molecule has 1 atom stereocenters. The molecule has 3 heterocycles. The van der Waals surface area contributed by atoms with Crippen molar-refractivity contribution >= 4 is 23.2 Å². The Morgan fingerprint density at radius 3 is 2.67 bits per heavy atom. The van der Waals surface area contributed by atoms with Crippen LogP contribution in [0.15, 0.2) is 11.4 Å². The predicted molar refractivity (Wildman–Crippen MR) is 108 cm³/mol. The Kier molecular flexibility index (Phi) is 6.26. The van der Waals surface area contributed by atoms with Crippen LogP contribution in [0.3, 0.4) is 0 Å². The van der Waals surface area contributed by atoms with Crippen molar-refractivity contribution in [1.29, 1.82) is 0 Å². The lowest BCUT2D eigenvalue weighted by Gasteiger charge is -2.33. The van der Waals surface area contributed by atoms with Gasteiger partial charge >= 0.3 is 6.03 Å². The van der Waals surface area contributed by atoms with Crippen molar-refractivity contribution in [3.8, 4) is 0 Å². The van der Waals surface area contributed by atoms with Crippen LogP contribution in [0.4, 0.5) is 10.6 Å². The Labute approximate surface area is 164 Å². The second kappa shape index (κ2) is 8.65. The summed E-state index contributed by atoms with van der Waals surface area (Å²) in [5.41, 5.74) is 1.91. The number of carbonyl (C=O) groups is 1. The number of hydrogen-bond acceptors (Lipinski definition) is 6. The van der Waals surface area contributed by atoms with Crippen LogP contribution >= 0.6 is 11.3 Å². The smallest absolute Gasteiger partial charge is 0.315 e. The highest BCUT2D eigenvalue weighted by Crippen LogP contribution is 2.19. The van der Waals surface area contributed by atoms with Crippen molar-refractivity contribution in [3.63, 3.8) is 0 Å². The first-order valence-corrected chi connectivity index (χ1v) is 10.4. The van der Waals surface area contributed by atoms with E-state index in [2.05, 4.69) is 37.4 Å². The van der Waals surface area contributed by atoms with E-state index in [1.165, 1.54) is 0 Å². The van der Waals surface area contributed by atoms with Gasteiger partial charge < -0.3 is 15.5 Å². The molecule has 0 aromatic carbocycles. The van der Waals surface area contributed by atoms with E-state index in [1.807, 2.05) is 32.2 Å². The molecule has 0 aliphatic carbocycles. The quantitative estimate of drug-likeness (QED) is 0.822. The van der Waals surface area contributed by atoms with Gasteiger partial charge in [0.25, 0.3) is 0 Å². The molecule has 2 aromatic heterocycles. The van der Waals surface area contributed by atoms with Gasteiger partial charge in [-0.2, -0.15) is 0 Å². The van der Waals surface area contributed by atoms with Gasteiger partial charge in [-0.15, -0.1) is 11.3 Å². The molecule has 0 unspecified atom stereocenters. The van der Waals surface area contributed by atoms with E-state index in [4.69, 9.17) is 0 Å². The third-order valence-corrected chi connectivity index (χ3v) is 5.78. The summed E-state index contributed by atoms with van der Waals surface area (Å²) in [5.74, 6) is 1.78. The van der Waals surface area contributed by atoms with Gasteiger partial charge in [0.1, 0.15) is 11.6 Å². The third kappa shape index (κ3) is 5.15. The minimum atomic E-state index is -0.124. The van der Waals surface area contributed by atoms with Gasteiger partial charge in [0.15, 0.2) is 0 Å². The number of piperidine rings is 1. The van der Waals surface area contributed by atoms with Gasteiger partial charge in [-0.3, -0.25) is 0 Å². The van der Waals surface area contributed by atoms with Gasteiger partial charge in [0.05, 0.1) is 16.7 Å². The van der Waals surface area contributed by atoms with E-state index in [1.54, 1.807) is 11.3 Å². The molecule has 27 heavy (non-hydrogen) atoms. The lowest BCUT2D eigenvalue weighted by Crippen LogP contribution is -2.48. The average Bonchev–Trinajstić information content (AvgIpc) is 3.11. The number of carbonyl (C=O) groups excluding carboxylic acids is 1. The van der Waals surface area contributed by atoms with Crippen molar-refractivity contribution in [2.75, 3.05) is 18.0 Å². The molecule has 0 bridgehead atoms. The number of thiazole rings is 1. The molecule has 2 N–H and O–H groups in total. The Bertz CT molecular complexity index is 764. The second-order valence-corrected chi connectivity index (χ2v) is 7.98. The number of aryl methyl sites for hydroxylation is 3. The average molecular weight is 389 g/mol. The molecule has 7 nitrogen and oxygen atoms in total. The first kappa shape index (κ1) is 19.5. The predicted octanol–water partition coefficient (Wildman–Crippen LogP) is 3.14. The zero-order valence-electron chi connectivity index (χ0n) is 16.5. The molecule has 1 saturated heterocycles. The van der Waals surface area contributed by atoms with Crippen LogP contribution in [-0.4, -0.2) is 40.1 Å². The summed E-state index contributed by atoms with van der Waals surface area (Å²) in [5, 5.41) is 9.22. The van der Waals surface area contributed by atoms with Gasteiger partial charge in [-0.1, -0.05) is 6.92 Å². The third-order valence-electron chi connectivity index (χ3n) is 4.77.